The van der Waals surface area contributed by atoms with Crippen LogP contribution < -0.4 is 5.30 Å². The molecule has 0 unspecified atom stereocenters. The molecule has 0 fully saturated rings. The summed E-state index contributed by atoms with van der Waals surface area (Å²) >= 11 is 0. The minimum atomic E-state index is -0.998. The van der Waals surface area contributed by atoms with Crippen LogP contribution >= 0.6 is 7.26 Å². The summed E-state index contributed by atoms with van der Waals surface area (Å²) in [5.41, 5.74) is 1.51. The molecule has 0 atom stereocenters. The average Bonchev–Trinajstić information content (AvgIpc) is 2.88. The van der Waals surface area contributed by atoms with Gasteiger partial charge < -0.3 is 0 Å². The minimum absolute atomic E-state index is 0.998. The van der Waals surface area contributed by atoms with Crippen LogP contribution in [-0.2, 0) is 0 Å². The highest BCUT2D eigenvalue weighted by Crippen LogP contribution is 2.64. The van der Waals surface area contributed by atoms with Gasteiger partial charge in [-0.1, -0.05) is 95.8 Å². The second kappa shape index (κ2) is 8.74. The molecule has 1 aliphatic heterocycles. The Morgan fingerprint density at radius 3 is 2.00 bits per heavy atom. The first-order valence-corrected chi connectivity index (χ1v) is 11.2. The van der Waals surface area contributed by atoms with Crippen molar-refractivity contribution in [2.24, 2.45) is 0 Å². The third kappa shape index (κ3) is 4.43. The predicted molar refractivity (Wildman–Crippen MR) is 100 cm³/mol. The van der Waals surface area contributed by atoms with Crippen molar-refractivity contribution in [3.05, 3.63) is 35.6 Å². The molecule has 0 aromatic heterocycles. The van der Waals surface area contributed by atoms with Crippen molar-refractivity contribution in [2.75, 3.05) is 12.3 Å². The highest BCUT2D eigenvalue weighted by molar-refractivity contribution is 7.86. The van der Waals surface area contributed by atoms with Crippen molar-refractivity contribution in [3.8, 4) is 0 Å². The predicted octanol–water partition coefficient (Wildman–Crippen LogP) is 6.47. The van der Waals surface area contributed by atoms with Crippen LogP contribution in [0.1, 0.15) is 70.8 Å². The van der Waals surface area contributed by atoms with Gasteiger partial charge in [-0.2, -0.15) is 0 Å². The quantitative estimate of drug-likeness (QED) is 0.343. The average molecular weight is 303 g/mol. The van der Waals surface area contributed by atoms with Crippen LogP contribution in [0.25, 0.3) is 6.08 Å². The summed E-state index contributed by atoms with van der Waals surface area (Å²) in [6.45, 7) is 4.61. The number of fused-ring (bicyclic) bond motifs is 1. The molecule has 0 saturated carbocycles. The Hall–Kier alpha value is -0.610. The van der Waals surface area contributed by atoms with Gasteiger partial charge in [0, 0.05) is 0 Å². The molecular weight excluding hydrogens is 271 g/mol. The number of unbranched alkanes of at least 4 members (excludes halogenated alkanes) is 6. The van der Waals surface area contributed by atoms with Crippen LogP contribution in [0, 0.1) is 0 Å². The maximum atomic E-state index is 2.63. The monoisotopic (exact) mass is 303 g/mol. The van der Waals surface area contributed by atoms with E-state index in [9.17, 15) is 0 Å². The molecule has 1 aromatic carbocycles. The zero-order chi connectivity index (χ0) is 15.0. The van der Waals surface area contributed by atoms with Crippen molar-refractivity contribution < 1.29 is 0 Å². The number of rotatable bonds is 10. The van der Waals surface area contributed by atoms with E-state index in [1.807, 2.05) is 0 Å². The van der Waals surface area contributed by atoms with Crippen LogP contribution in [-0.4, -0.2) is 12.3 Å². The van der Waals surface area contributed by atoms with E-state index in [2.05, 4.69) is 50.0 Å². The van der Waals surface area contributed by atoms with Gasteiger partial charge in [0.25, 0.3) is 0 Å². The highest BCUT2D eigenvalue weighted by Gasteiger charge is 2.31. The lowest BCUT2D eigenvalue weighted by Crippen LogP contribution is -2.15. The third-order valence-corrected chi connectivity index (χ3v) is 9.09. The zero-order valence-corrected chi connectivity index (χ0v) is 14.9. The van der Waals surface area contributed by atoms with E-state index in [-0.39, 0.29) is 0 Å². The molecule has 0 spiro atoms. The van der Waals surface area contributed by atoms with Gasteiger partial charge >= 0.3 is 0 Å². The maximum absolute atomic E-state index is 2.63. The zero-order valence-electron chi connectivity index (χ0n) is 14.0. The first-order chi connectivity index (χ1) is 10.3. The van der Waals surface area contributed by atoms with E-state index in [1.165, 1.54) is 69.3 Å². The van der Waals surface area contributed by atoms with Gasteiger partial charge in [-0.05, 0) is 36.0 Å². The van der Waals surface area contributed by atoms with Gasteiger partial charge in [-0.15, -0.1) is 0 Å². The summed E-state index contributed by atoms with van der Waals surface area (Å²) in [6, 6.07) is 9.17. The largest absolute Gasteiger partial charge is 0.0767 e. The molecule has 0 aliphatic carbocycles. The van der Waals surface area contributed by atoms with E-state index in [0.29, 0.717) is 0 Å². The molecule has 117 valence electrons. The molecule has 0 nitrogen and oxygen atoms in total. The van der Waals surface area contributed by atoms with Crippen molar-refractivity contribution >= 4 is 18.6 Å². The summed E-state index contributed by atoms with van der Waals surface area (Å²) in [4.78, 5) is 0. The van der Waals surface area contributed by atoms with Crippen LogP contribution in [0.4, 0.5) is 0 Å². The Labute approximate surface area is 132 Å². The Kier molecular flexibility index (Phi) is 6.97. The smallest absolute Gasteiger partial charge is 0.0172 e. The standard InChI is InChI=1S/C20H32P/c1-3-5-7-11-16-21(17-12-8-6-4-2)18-15-19-13-9-10-14-20(19)21/h9-10,13-15,18H,3-8,11-12,16-17H2,1-2H3. The second-order valence-electron chi connectivity index (χ2n) is 6.48. The molecule has 0 bridgehead atoms. The van der Waals surface area contributed by atoms with Gasteiger partial charge in [-0.25, -0.2) is 0 Å². The third-order valence-electron chi connectivity index (χ3n) is 4.78. The van der Waals surface area contributed by atoms with E-state index in [1.54, 1.807) is 5.30 Å². The molecule has 1 heterocycles. The molecule has 2 rings (SSSR count). The van der Waals surface area contributed by atoms with Gasteiger partial charge in [0.1, 0.15) is 0 Å². The summed E-state index contributed by atoms with van der Waals surface area (Å²) < 4.78 is 0. The summed E-state index contributed by atoms with van der Waals surface area (Å²) in [5.74, 6) is 2.63. The van der Waals surface area contributed by atoms with Crippen LogP contribution in [0.2, 0.25) is 0 Å². The molecule has 21 heavy (non-hydrogen) atoms. The lowest BCUT2D eigenvalue weighted by Gasteiger charge is -2.32. The Balaban J connectivity index is 2.03. The SMILES string of the molecule is CCCCCC[P]1(CCCCCC)C=Cc2ccccc21. The van der Waals surface area contributed by atoms with Crippen molar-refractivity contribution in [3.63, 3.8) is 0 Å². The fourth-order valence-corrected chi connectivity index (χ4v) is 7.71. The van der Waals surface area contributed by atoms with Crippen molar-refractivity contribution in [1.29, 1.82) is 0 Å². The first kappa shape index (κ1) is 16.8. The van der Waals surface area contributed by atoms with E-state index >= 15 is 0 Å². The Morgan fingerprint density at radius 1 is 0.762 bits per heavy atom. The lowest BCUT2D eigenvalue weighted by atomic mass is 10.2. The Morgan fingerprint density at radius 2 is 1.38 bits per heavy atom. The summed E-state index contributed by atoms with van der Waals surface area (Å²) in [7, 11) is -0.998. The summed E-state index contributed by atoms with van der Waals surface area (Å²) in [5, 5.41) is 1.71. The molecule has 1 aliphatic rings. The normalized spacial score (nSPS) is 15.3. The second-order valence-corrected chi connectivity index (χ2v) is 10.2. The van der Waals surface area contributed by atoms with Crippen molar-refractivity contribution in [2.45, 2.75) is 65.2 Å². The fraction of sp³-hybridized carbons (Fsp3) is 0.600. The topological polar surface area (TPSA) is 0 Å². The molecule has 0 amide bonds. The van der Waals surface area contributed by atoms with Gasteiger partial charge in [0.2, 0.25) is 0 Å². The van der Waals surface area contributed by atoms with Gasteiger partial charge in [0.05, 0.1) is 0 Å². The van der Waals surface area contributed by atoms with Crippen LogP contribution in [0.5, 0.6) is 0 Å². The molecule has 0 saturated heterocycles. The maximum Gasteiger partial charge on any atom is -0.0172 e. The fourth-order valence-electron chi connectivity index (χ4n) is 3.48. The van der Waals surface area contributed by atoms with E-state index < -0.39 is 7.26 Å². The van der Waals surface area contributed by atoms with Gasteiger partial charge in [0.15, 0.2) is 0 Å². The van der Waals surface area contributed by atoms with Gasteiger partial charge in [-0.3, -0.25) is 0 Å². The molecular formula is C20H32P. The number of hydrogen-bond donors (Lipinski definition) is 0. The van der Waals surface area contributed by atoms with E-state index in [4.69, 9.17) is 0 Å². The molecule has 1 heteroatoms. The minimum Gasteiger partial charge on any atom is -0.0767 e. The lowest BCUT2D eigenvalue weighted by molar-refractivity contribution is 0.695. The highest BCUT2D eigenvalue weighted by atomic mass is 31.2. The Bertz CT molecular complexity index is 435. The van der Waals surface area contributed by atoms with Crippen LogP contribution in [0.15, 0.2) is 30.1 Å². The van der Waals surface area contributed by atoms with Crippen molar-refractivity contribution in [1.82, 2.24) is 0 Å². The number of hydrogen-bond acceptors (Lipinski definition) is 0. The van der Waals surface area contributed by atoms with Crippen LogP contribution in [0.3, 0.4) is 0 Å². The number of benzene rings is 1. The van der Waals surface area contributed by atoms with E-state index in [0.717, 1.165) is 0 Å². The first-order valence-electron chi connectivity index (χ1n) is 8.98. The molecule has 0 N–H and O–H groups in total. The molecule has 1 radical (unpaired) electrons. The molecule has 1 aromatic rings. The summed E-state index contributed by atoms with van der Waals surface area (Å²) in [6.07, 6.45) is 16.5.